The van der Waals surface area contributed by atoms with E-state index in [-0.39, 0.29) is 12.2 Å². The first-order chi connectivity index (χ1) is 12.1. The molecular formula is C20H19FN2O2. The fourth-order valence-corrected chi connectivity index (χ4v) is 2.75. The molecule has 1 atom stereocenters. The first kappa shape index (κ1) is 16.9. The number of carbonyl (C=O) groups excluding carboxylic acids is 1. The molecule has 5 heteroatoms. The number of hydrogen-bond acceptors (Lipinski definition) is 2. The molecule has 3 aromatic rings. The first-order valence-electron chi connectivity index (χ1n) is 8.10. The molecule has 0 heterocycles. The minimum atomic E-state index is -0.695. The average molecular weight is 338 g/mol. The minimum Gasteiger partial charge on any atom is -0.388 e. The second kappa shape index (κ2) is 7.77. The summed E-state index contributed by atoms with van der Waals surface area (Å²) in [6.07, 6.45) is -0.335. The predicted octanol–water partition coefficient (Wildman–Crippen LogP) is 4.22. The number of hydrogen-bond donors (Lipinski definition) is 3. The predicted molar refractivity (Wildman–Crippen MR) is 96.9 cm³/mol. The summed E-state index contributed by atoms with van der Waals surface area (Å²) >= 11 is 0. The van der Waals surface area contributed by atoms with Gasteiger partial charge in [-0.1, -0.05) is 54.6 Å². The van der Waals surface area contributed by atoms with Crippen molar-refractivity contribution in [2.24, 2.45) is 0 Å². The normalized spacial score (nSPS) is 11.9. The molecule has 25 heavy (non-hydrogen) atoms. The van der Waals surface area contributed by atoms with Crippen molar-refractivity contribution in [2.75, 3.05) is 11.9 Å². The summed E-state index contributed by atoms with van der Waals surface area (Å²) in [5.41, 5.74) is 0.948. The van der Waals surface area contributed by atoms with Crippen LogP contribution >= 0.6 is 0 Å². The topological polar surface area (TPSA) is 61.4 Å². The Morgan fingerprint density at radius 3 is 2.56 bits per heavy atom. The molecule has 4 nitrogen and oxygen atoms in total. The zero-order valence-electron chi connectivity index (χ0n) is 13.6. The monoisotopic (exact) mass is 338 g/mol. The summed E-state index contributed by atoms with van der Waals surface area (Å²) in [5.74, 6) is -0.492. The highest BCUT2D eigenvalue weighted by molar-refractivity contribution is 5.89. The molecule has 2 amide bonds. The SMILES string of the molecule is O=C(NCCC(O)c1cccc2ccccc12)Nc1ccccc1F. The Labute approximate surface area is 145 Å². The molecule has 0 saturated carbocycles. The Morgan fingerprint density at radius 1 is 1.00 bits per heavy atom. The van der Waals surface area contributed by atoms with Crippen LogP contribution in [0.4, 0.5) is 14.9 Å². The average Bonchev–Trinajstić information content (AvgIpc) is 2.63. The Bertz CT molecular complexity index is 877. The molecule has 0 aliphatic rings. The highest BCUT2D eigenvalue weighted by Crippen LogP contribution is 2.25. The lowest BCUT2D eigenvalue weighted by Gasteiger charge is -2.14. The molecule has 1 unspecified atom stereocenters. The van der Waals surface area contributed by atoms with Gasteiger partial charge in [-0.25, -0.2) is 9.18 Å². The summed E-state index contributed by atoms with van der Waals surface area (Å²) in [6, 6.07) is 19.1. The molecule has 128 valence electrons. The maximum Gasteiger partial charge on any atom is 0.319 e. The number of urea groups is 1. The number of para-hydroxylation sites is 1. The number of rotatable bonds is 5. The van der Waals surface area contributed by atoms with Gasteiger partial charge in [0, 0.05) is 6.54 Å². The fourth-order valence-electron chi connectivity index (χ4n) is 2.75. The van der Waals surface area contributed by atoms with Crippen LogP contribution in [-0.4, -0.2) is 17.7 Å². The van der Waals surface area contributed by atoms with E-state index in [1.807, 2.05) is 42.5 Å². The molecule has 0 radical (unpaired) electrons. The van der Waals surface area contributed by atoms with Crippen LogP contribution < -0.4 is 10.6 Å². The molecule has 0 saturated heterocycles. The zero-order valence-corrected chi connectivity index (χ0v) is 13.6. The second-order valence-corrected chi connectivity index (χ2v) is 5.73. The number of aliphatic hydroxyl groups is 1. The van der Waals surface area contributed by atoms with Crippen LogP contribution in [0.2, 0.25) is 0 Å². The second-order valence-electron chi connectivity index (χ2n) is 5.73. The number of benzene rings is 3. The molecule has 0 fully saturated rings. The van der Waals surface area contributed by atoms with Gasteiger partial charge in [0.1, 0.15) is 5.82 Å². The molecular weight excluding hydrogens is 319 g/mol. The van der Waals surface area contributed by atoms with Crippen LogP contribution in [0.3, 0.4) is 0 Å². The standard InChI is InChI=1S/C20H19FN2O2/c21-17-10-3-4-11-18(17)23-20(25)22-13-12-19(24)16-9-5-7-14-6-1-2-8-15(14)16/h1-11,19,24H,12-13H2,(H2,22,23,25). The number of aliphatic hydroxyl groups excluding tert-OH is 1. The van der Waals surface area contributed by atoms with E-state index in [0.29, 0.717) is 6.42 Å². The van der Waals surface area contributed by atoms with Gasteiger partial charge >= 0.3 is 6.03 Å². The summed E-state index contributed by atoms with van der Waals surface area (Å²) < 4.78 is 13.5. The smallest absolute Gasteiger partial charge is 0.319 e. The number of anilines is 1. The molecule has 0 aliphatic heterocycles. The van der Waals surface area contributed by atoms with E-state index in [1.165, 1.54) is 12.1 Å². The zero-order chi connectivity index (χ0) is 17.6. The van der Waals surface area contributed by atoms with E-state index in [1.54, 1.807) is 12.1 Å². The minimum absolute atomic E-state index is 0.120. The number of carbonyl (C=O) groups is 1. The van der Waals surface area contributed by atoms with Crippen LogP contribution in [0.25, 0.3) is 10.8 Å². The van der Waals surface area contributed by atoms with Crippen LogP contribution in [0.5, 0.6) is 0 Å². The van der Waals surface area contributed by atoms with Gasteiger partial charge in [0.25, 0.3) is 0 Å². The van der Waals surface area contributed by atoms with E-state index in [9.17, 15) is 14.3 Å². The summed E-state index contributed by atoms with van der Waals surface area (Å²) in [6.45, 7) is 0.269. The van der Waals surface area contributed by atoms with Crippen LogP contribution in [-0.2, 0) is 0 Å². The van der Waals surface area contributed by atoms with Crippen molar-refractivity contribution in [1.29, 1.82) is 0 Å². The van der Waals surface area contributed by atoms with Gasteiger partial charge in [-0.05, 0) is 34.9 Å². The van der Waals surface area contributed by atoms with Gasteiger partial charge < -0.3 is 15.7 Å². The first-order valence-corrected chi connectivity index (χ1v) is 8.10. The number of fused-ring (bicyclic) bond motifs is 1. The van der Waals surface area contributed by atoms with E-state index in [0.717, 1.165) is 16.3 Å². The summed E-state index contributed by atoms with van der Waals surface area (Å²) in [7, 11) is 0. The van der Waals surface area contributed by atoms with Gasteiger partial charge in [0.2, 0.25) is 0 Å². The number of amides is 2. The third-order valence-electron chi connectivity index (χ3n) is 4.01. The van der Waals surface area contributed by atoms with Gasteiger partial charge in [0.15, 0.2) is 0 Å². The number of halogens is 1. The summed E-state index contributed by atoms with van der Waals surface area (Å²) in [4.78, 5) is 11.8. The molecule has 3 N–H and O–H groups in total. The van der Waals surface area contributed by atoms with Gasteiger partial charge in [-0.15, -0.1) is 0 Å². The van der Waals surface area contributed by atoms with E-state index in [4.69, 9.17) is 0 Å². The third kappa shape index (κ3) is 4.14. The van der Waals surface area contributed by atoms with Crippen molar-refractivity contribution in [3.63, 3.8) is 0 Å². The van der Waals surface area contributed by atoms with Gasteiger partial charge in [-0.2, -0.15) is 0 Å². The molecule has 0 aromatic heterocycles. The maximum atomic E-state index is 13.5. The molecule has 0 spiro atoms. The lowest BCUT2D eigenvalue weighted by Crippen LogP contribution is -2.30. The molecule has 3 rings (SSSR count). The van der Waals surface area contributed by atoms with Gasteiger partial charge in [0.05, 0.1) is 11.8 Å². The van der Waals surface area contributed by atoms with Crippen molar-refractivity contribution in [3.05, 3.63) is 78.1 Å². The Kier molecular flexibility index (Phi) is 5.26. The highest BCUT2D eigenvalue weighted by Gasteiger charge is 2.12. The molecule has 0 bridgehead atoms. The quantitative estimate of drug-likeness (QED) is 0.652. The highest BCUT2D eigenvalue weighted by atomic mass is 19.1. The Hall–Kier alpha value is -2.92. The molecule has 0 aliphatic carbocycles. The van der Waals surface area contributed by atoms with Crippen molar-refractivity contribution >= 4 is 22.5 Å². The largest absolute Gasteiger partial charge is 0.388 e. The number of nitrogens with one attached hydrogen (secondary N) is 2. The lowest BCUT2D eigenvalue weighted by atomic mass is 9.99. The third-order valence-corrected chi connectivity index (χ3v) is 4.01. The van der Waals surface area contributed by atoms with E-state index in [2.05, 4.69) is 10.6 Å². The van der Waals surface area contributed by atoms with E-state index >= 15 is 0 Å². The summed E-state index contributed by atoms with van der Waals surface area (Å²) in [5, 5.41) is 17.6. The Morgan fingerprint density at radius 2 is 1.72 bits per heavy atom. The van der Waals surface area contributed by atoms with E-state index < -0.39 is 18.0 Å². The van der Waals surface area contributed by atoms with Crippen molar-refractivity contribution in [2.45, 2.75) is 12.5 Å². The van der Waals surface area contributed by atoms with Crippen LogP contribution in [0.1, 0.15) is 18.1 Å². The van der Waals surface area contributed by atoms with Crippen molar-refractivity contribution < 1.29 is 14.3 Å². The van der Waals surface area contributed by atoms with Gasteiger partial charge in [-0.3, -0.25) is 0 Å². The maximum absolute atomic E-state index is 13.5. The van der Waals surface area contributed by atoms with Crippen LogP contribution in [0, 0.1) is 5.82 Å². The van der Waals surface area contributed by atoms with Crippen molar-refractivity contribution in [3.8, 4) is 0 Å². The van der Waals surface area contributed by atoms with Crippen molar-refractivity contribution in [1.82, 2.24) is 5.32 Å². The van der Waals surface area contributed by atoms with Crippen LogP contribution in [0.15, 0.2) is 66.7 Å². The lowest BCUT2D eigenvalue weighted by molar-refractivity contribution is 0.169. The molecule has 3 aromatic carbocycles. The fraction of sp³-hybridized carbons (Fsp3) is 0.150. The Balaban J connectivity index is 1.56.